The molecule has 19 heavy (non-hydrogen) atoms. The summed E-state index contributed by atoms with van der Waals surface area (Å²) < 4.78 is 1.61. The lowest BCUT2D eigenvalue weighted by Gasteiger charge is -2.15. The predicted molar refractivity (Wildman–Crippen MR) is 71.1 cm³/mol. The van der Waals surface area contributed by atoms with Gasteiger partial charge in [-0.25, -0.2) is 4.68 Å². The Morgan fingerprint density at radius 2 is 2.32 bits per heavy atom. The monoisotopic (exact) mass is 268 g/mol. The topological polar surface area (TPSA) is 93.2 Å². The second-order valence-electron chi connectivity index (χ2n) is 4.99. The quantitative estimate of drug-likeness (QED) is 0.626. The van der Waals surface area contributed by atoms with Crippen molar-refractivity contribution in [1.29, 1.82) is 0 Å². The Kier molecular flexibility index (Phi) is 4.04. The number of aromatic nitrogens is 2. The Morgan fingerprint density at radius 3 is 2.84 bits per heavy atom. The molecule has 1 heterocycles. The van der Waals surface area contributed by atoms with Gasteiger partial charge in [0.25, 0.3) is 0 Å². The predicted octanol–water partition coefficient (Wildman–Crippen LogP) is 1.69. The zero-order chi connectivity index (χ0) is 14.0. The summed E-state index contributed by atoms with van der Waals surface area (Å²) in [5.74, 6) is 0.615. The molecule has 1 aromatic rings. The number of anilines is 1. The highest BCUT2D eigenvalue weighted by atomic mass is 16.6. The summed E-state index contributed by atoms with van der Waals surface area (Å²) in [6.45, 7) is 4.66. The van der Waals surface area contributed by atoms with Gasteiger partial charge in [0.2, 0.25) is 5.82 Å². The minimum absolute atomic E-state index is 0.0364. The minimum atomic E-state index is -0.401. The molecule has 1 aromatic heterocycles. The van der Waals surface area contributed by atoms with Crippen LogP contribution in [0, 0.1) is 23.0 Å². The molecule has 0 radical (unpaired) electrons. The first-order valence-corrected chi connectivity index (χ1v) is 6.68. The molecule has 1 aliphatic carbocycles. The van der Waals surface area contributed by atoms with Gasteiger partial charge >= 0.3 is 5.69 Å². The van der Waals surface area contributed by atoms with Crippen molar-refractivity contribution < 1.29 is 10.0 Å². The van der Waals surface area contributed by atoms with Crippen LogP contribution in [0.25, 0.3) is 0 Å². The van der Waals surface area contributed by atoms with Gasteiger partial charge in [-0.3, -0.25) is 10.1 Å². The van der Waals surface area contributed by atoms with E-state index >= 15 is 0 Å². The second-order valence-corrected chi connectivity index (χ2v) is 4.99. The van der Waals surface area contributed by atoms with Crippen LogP contribution in [0.4, 0.5) is 11.5 Å². The number of aliphatic hydroxyl groups excluding tert-OH is 1. The lowest BCUT2D eigenvalue weighted by molar-refractivity contribution is -0.384. The van der Waals surface area contributed by atoms with Crippen LogP contribution in [0.15, 0.2) is 0 Å². The van der Waals surface area contributed by atoms with Crippen LogP contribution in [0.5, 0.6) is 0 Å². The number of nitro groups is 1. The maximum atomic E-state index is 11.1. The van der Waals surface area contributed by atoms with Crippen LogP contribution in [0.1, 0.15) is 31.9 Å². The third kappa shape index (κ3) is 2.70. The third-order valence-electron chi connectivity index (χ3n) is 3.73. The van der Waals surface area contributed by atoms with Gasteiger partial charge in [0.05, 0.1) is 11.0 Å². The largest absolute Gasteiger partial charge is 0.393 e. The van der Waals surface area contributed by atoms with E-state index in [0.29, 0.717) is 24.6 Å². The van der Waals surface area contributed by atoms with Crippen molar-refractivity contribution in [3.05, 3.63) is 15.8 Å². The molecule has 7 heteroatoms. The van der Waals surface area contributed by atoms with E-state index in [1.54, 1.807) is 11.6 Å². The summed E-state index contributed by atoms with van der Waals surface area (Å²) in [6, 6.07) is 0. The molecular weight excluding hydrogens is 248 g/mol. The Balaban J connectivity index is 2.16. The second kappa shape index (κ2) is 5.56. The van der Waals surface area contributed by atoms with Crippen LogP contribution in [0.3, 0.4) is 0 Å². The number of aliphatic hydroxyl groups is 1. The van der Waals surface area contributed by atoms with Crippen molar-refractivity contribution in [3.63, 3.8) is 0 Å². The Labute approximate surface area is 111 Å². The highest BCUT2D eigenvalue weighted by Gasteiger charge is 2.28. The molecule has 2 atom stereocenters. The Bertz CT molecular complexity index is 472. The van der Waals surface area contributed by atoms with Crippen LogP contribution >= 0.6 is 0 Å². The van der Waals surface area contributed by atoms with Gasteiger partial charge in [-0.05, 0) is 26.7 Å². The minimum Gasteiger partial charge on any atom is -0.393 e. The van der Waals surface area contributed by atoms with Gasteiger partial charge in [-0.2, -0.15) is 5.10 Å². The van der Waals surface area contributed by atoms with Gasteiger partial charge in [-0.1, -0.05) is 6.42 Å². The molecule has 7 nitrogen and oxygen atoms in total. The first-order chi connectivity index (χ1) is 9.04. The van der Waals surface area contributed by atoms with Crippen molar-refractivity contribution >= 4 is 11.5 Å². The molecule has 0 aliphatic heterocycles. The molecule has 0 spiro atoms. The maximum absolute atomic E-state index is 11.1. The van der Waals surface area contributed by atoms with Crippen LogP contribution in [-0.2, 0) is 6.54 Å². The number of rotatable bonds is 5. The van der Waals surface area contributed by atoms with E-state index in [-0.39, 0.29) is 17.7 Å². The molecule has 0 saturated heterocycles. The fourth-order valence-electron chi connectivity index (χ4n) is 2.68. The lowest BCUT2D eigenvalue weighted by Crippen LogP contribution is -2.23. The molecule has 2 unspecified atom stereocenters. The number of hydrogen-bond donors (Lipinski definition) is 2. The first-order valence-electron chi connectivity index (χ1n) is 6.68. The van der Waals surface area contributed by atoms with Crippen molar-refractivity contribution in [1.82, 2.24) is 9.78 Å². The van der Waals surface area contributed by atoms with E-state index < -0.39 is 4.92 Å². The molecule has 2 N–H and O–H groups in total. The summed E-state index contributed by atoms with van der Waals surface area (Å²) in [5.41, 5.74) is 0.454. The summed E-state index contributed by atoms with van der Waals surface area (Å²) in [5, 5.41) is 28.1. The first kappa shape index (κ1) is 13.8. The average Bonchev–Trinajstić information content (AvgIpc) is 2.90. The average molecular weight is 268 g/mol. The number of nitrogens with zero attached hydrogens (tertiary/aromatic N) is 3. The maximum Gasteiger partial charge on any atom is 0.333 e. The molecular formula is C12H20N4O3. The van der Waals surface area contributed by atoms with Gasteiger partial charge in [0, 0.05) is 19.0 Å². The summed E-state index contributed by atoms with van der Waals surface area (Å²) in [6.07, 6.45) is 2.49. The van der Waals surface area contributed by atoms with Gasteiger partial charge in [-0.15, -0.1) is 0 Å². The Hall–Kier alpha value is -1.63. The summed E-state index contributed by atoms with van der Waals surface area (Å²) >= 11 is 0. The van der Waals surface area contributed by atoms with Crippen LogP contribution in [0.2, 0.25) is 0 Å². The van der Waals surface area contributed by atoms with E-state index in [1.165, 1.54) is 0 Å². The fraction of sp³-hybridized carbons (Fsp3) is 0.750. The van der Waals surface area contributed by atoms with Crippen LogP contribution in [-0.4, -0.2) is 32.5 Å². The third-order valence-corrected chi connectivity index (χ3v) is 3.73. The fourth-order valence-corrected chi connectivity index (χ4v) is 2.68. The van der Waals surface area contributed by atoms with E-state index in [2.05, 4.69) is 10.4 Å². The van der Waals surface area contributed by atoms with Gasteiger partial charge in [0.15, 0.2) is 0 Å². The van der Waals surface area contributed by atoms with E-state index in [0.717, 1.165) is 19.3 Å². The SMILES string of the molecule is CCn1nc(C)c([N+](=O)[O-])c1NCC1CCCC1O. The normalized spacial score (nSPS) is 22.7. The number of aryl methyl sites for hydroxylation is 2. The molecule has 2 rings (SSSR count). The van der Waals surface area contributed by atoms with E-state index in [9.17, 15) is 15.2 Å². The van der Waals surface area contributed by atoms with E-state index in [4.69, 9.17) is 0 Å². The zero-order valence-corrected chi connectivity index (χ0v) is 11.3. The molecule has 0 aromatic carbocycles. The van der Waals surface area contributed by atoms with Crippen molar-refractivity contribution in [3.8, 4) is 0 Å². The lowest BCUT2D eigenvalue weighted by atomic mass is 10.1. The number of hydrogen-bond acceptors (Lipinski definition) is 5. The molecule has 106 valence electrons. The van der Waals surface area contributed by atoms with E-state index in [1.807, 2.05) is 6.92 Å². The summed E-state index contributed by atoms with van der Waals surface area (Å²) in [7, 11) is 0. The number of nitrogens with one attached hydrogen (secondary N) is 1. The molecule has 0 amide bonds. The zero-order valence-electron chi connectivity index (χ0n) is 11.3. The van der Waals surface area contributed by atoms with Gasteiger partial charge in [0.1, 0.15) is 5.69 Å². The molecule has 1 aliphatic rings. The van der Waals surface area contributed by atoms with Gasteiger partial charge < -0.3 is 10.4 Å². The smallest absolute Gasteiger partial charge is 0.333 e. The van der Waals surface area contributed by atoms with Crippen LogP contribution < -0.4 is 5.32 Å². The van der Waals surface area contributed by atoms with Crippen molar-refractivity contribution in [2.24, 2.45) is 5.92 Å². The standard InChI is InChI=1S/C12H20N4O3/c1-3-15-12(11(16(18)19)8(2)14-15)13-7-9-5-4-6-10(9)17/h9-10,13,17H,3-7H2,1-2H3. The highest BCUT2D eigenvalue weighted by molar-refractivity contribution is 5.59. The van der Waals surface area contributed by atoms with Crippen molar-refractivity contribution in [2.45, 2.75) is 45.8 Å². The highest BCUT2D eigenvalue weighted by Crippen LogP contribution is 2.30. The van der Waals surface area contributed by atoms with Crippen molar-refractivity contribution in [2.75, 3.05) is 11.9 Å². The molecule has 1 saturated carbocycles. The Morgan fingerprint density at radius 1 is 1.58 bits per heavy atom. The summed E-state index contributed by atoms with van der Waals surface area (Å²) in [4.78, 5) is 10.7. The molecule has 0 bridgehead atoms. The molecule has 1 fully saturated rings.